The summed E-state index contributed by atoms with van der Waals surface area (Å²) in [5.41, 5.74) is 1.25. The number of carbonyl (C=O) groups is 1. The Balaban J connectivity index is 2.47. The first-order valence-corrected chi connectivity index (χ1v) is 8.68. The highest BCUT2D eigenvalue weighted by molar-refractivity contribution is 7.93. The number of ether oxygens (including phenoxy) is 1. The summed E-state index contributed by atoms with van der Waals surface area (Å²) in [5, 5.41) is 3.00. The molecule has 0 atom stereocenters. The molecule has 0 saturated heterocycles. The van der Waals surface area contributed by atoms with Crippen molar-refractivity contribution in [2.24, 2.45) is 0 Å². The summed E-state index contributed by atoms with van der Waals surface area (Å²) in [6.07, 6.45) is 0.694. The van der Waals surface area contributed by atoms with E-state index in [4.69, 9.17) is 4.74 Å². The maximum absolute atomic E-state index is 12.0. The van der Waals surface area contributed by atoms with Crippen LogP contribution < -0.4 is 10.0 Å². The zero-order valence-corrected chi connectivity index (χ0v) is 13.3. The standard InChI is InChI=1S/C12H18N2O4S2/c1-7(2)20(16,17)14-11-10(12(15)18-3)8-4-5-13-6-9(8)19-11/h7,13-14H,4-6H2,1-3H3. The average molecular weight is 318 g/mol. The normalized spacial score (nSPS) is 15.0. The van der Waals surface area contributed by atoms with Gasteiger partial charge in [-0.2, -0.15) is 0 Å². The smallest absolute Gasteiger partial charge is 0.341 e. The second-order valence-corrected chi connectivity index (χ2v) is 8.16. The van der Waals surface area contributed by atoms with E-state index in [0.29, 0.717) is 23.5 Å². The Morgan fingerprint density at radius 1 is 1.45 bits per heavy atom. The van der Waals surface area contributed by atoms with Crippen LogP contribution in [-0.2, 0) is 27.7 Å². The lowest BCUT2D eigenvalue weighted by Gasteiger charge is -2.13. The van der Waals surface area contributed by atoms with Crippen molar-refractivity contribution in [1.29, 1.82) is 0 Å². The number of anilines is 1. The van der Waals surface area contributed by atoms with Gasteiger partial charge in [0, 0.05) is 11.4 Å². The van der Waals surface area contributed by atoms with E-state index >= 15 is 0 Å². The van der Waals surface area contributed by atoms with Crippen LogP contribution in [0, 0.1) is 0 Å². The van der Waals surface area contributed by atoms with E-state index in [2.05, 4.69) is 10.0 Å². The summed E-state index contributed by atoms with van der Waals surface area (Å²) >= 11 is 1.30. The van der Waals surface area contributed by atoms with Gasteiger partial charge in [0.25, 0.3) is 0 Å². The number of nitrogens with one attached hydrogen (secondary N) is 2. The maximum Gasteiger partial charge on any atom is 0.341 e. The molecule has 2 rings (SSSR count). The number of sulfonamides is 1. The largest absolute Gasteiger partial charge is 0.465 e. The molecule has 6 nitrogen and oxygen atoms in total. The molecule has 1 aliphatic rings. The van der Waals surface area contributed by atoms with Crippen LogP contribution in [0.25, 0.3) is 0 Å². The lowest BCUT2D eigenvalue weighted by atomic mass is 10.0. The molecule has 0 aromatic carbocycles. The van der Waals surface area contributed by atoms with Crippen molar-refractivity contribution in [3.05, 3.63) is 16.0 Å². The van der Waals surface area contributed by atoms with Crippen molar-refractivity contribution in [1.82, 2.24) is 5.32 Å². The Bertz CT molecular complexity index is 620. The molecule has 1 aromatic heterocycles. The second-order valence-electron chi connectivity index (χ2n) is 4.82. The Hall–Kier alpha value is -1.12. The van der Waals surface area contributed by atoms with Gasteiger partial charge in [0.2, 0.25) is 10.0 Å². The molecule has 0 fully saturated rings. The van der Waals surface area contributed by atoms with Crippen molar-refractivity contribution >= 4 is 32.3 Å². The first kappa shape index (κ1) is 15.3. The summed E-state index contributed by atoms with van der Waals surface area (Å²) < 4.78 is 31.3. The van der Waals surface area contributed by atoms with Crippen LogP contribution in [-0.4, -0.2) is 33.3 Å². The second kappa shape index (κ2) is 5.71. The SMILES string of the molecule is COC(=O)c1c(NS(=O)(=O)C(C)C)sc2c1CCNC2. The predicted octanol–water partition coefficient (Wildman–Crippen LogP) is 1.33. The molecule has 0 saturated carbocycles. The molecular weight excluding hydrogens is 300 g/mol. The number of fused-ring (bicyclic) bond motifs is 1. The average Bonchev–Trinajstić information content (AvgIpc) is 2.74. The van der Waals surface area contributed by atoms with Crippen molar-refractivity contribution in [2.75, 3.05) is 18.4 Å². The van der Waals surface area contributed by atoms with Crippen molar-refractivity contribution in [3.63, 3.8) is 0 Å². The van der Waals surface area contributed by atoms with Gasteiger partial charge in [-0.25, -0.2) is 13.2 Å². The Morgan fingerprint density at radius 3 is 2.75 bits per heavy atom. The third kappa shape index (κ3) is 2.82. The first-order valence-electron chi connectivity index (χ1n) is 6.32. The third-order valence-corrected chi connectivity index (χ3v) is 6.18. The quantitative estimate of drug-likeness (QED) is 0.818. The van der Waals surface area contributed by atoms with Gasteiger partial charge >= 0.3 is 5.97 Å². The van der Waals surface area contributed by atoms with Gasteiger partial charge in [-0.3, -0.25) is 4.72 Å². The summed E-state index contributed by atoms with van der Waals surface area (Å²) in [6.45, 7) is 4.60. The van der Waals surface area contributed by atoms with Gasteiger partial charge < -0.3 is 10.1 Å². The first-order chi connectivity index (χ1) is 9.36. The van der Waals surface area contributed by atoms with E-state index in [0.717, 1.165) is 17.0 Å². The predicted molar refractivity (Wildman–Crippen MR) is 78.7 cm³/mol. The van der Waals surface area contributed by atoms with E-state index < -0.39 is 21.2 Å². The van der Waals surface area contributed by atoms with Crippen LogP contribution in [0.15, 0.2) is 0 Å². The molecule has 1 aliphatic heterocycles. The van der Waals surface area contributed by atoms with E-state index in [1.165, 1.54) is 18.4 Å². The highest BCUT2D eigenvalue weighted by Gasteiger charge is 2.28. The monoisotopic (exact) mass is 318 g/mol. The molecule has 2 heterocycles. The molecule has 2 N–H and O–H groups in total. The summed E-state index contributed by atoms with van der Waals surface area (Å²) in [5.74, 6) is -0.495. The fourth-order valence-electron chi connectivity index (χ4n) is 1.97. The molecule has 1 aromatic rings. The highest BCUT2D eigenvalue weighted by atomic mass is 32.2. The lowest BCUT2D eigenvalue weighted by molar-refractivity contribution is 0.0601. The van der Waals surface area contributed by atoms with E-state index in [-0.39, 0.29) is 0 Å². The van der Waals surface area contributed by atoms with Crippen molar-refractivity contribution in [3.8, 4) is 0 Å². The minimum atomic E-state index is -3.48. The summed E-state index contributed by atoms with van der Waals surface area (Å²) in [6, 6.07) is 0. The number of rotatable bonds is 4. The molecule has 0 amide bonds. The Kier molecular flexibility index (Phi) is 4.36. The number of hydrogen-bond donors (Lipinski definition) is 2. The van der Waals surface area contributed by atoms with Gasteiger partial charge in [0.1, 0.15) is 5.00 Å². The van der Waals surface area contributed by atoms with Gasteiger partial charge in [0.05, 0.1) is 17.9 Å². The number of esters is 1. The van der Waals surface area contributed by atoms with Crippen LogP contribution in [0.1, 0.15) is 34.6 Å². The van der Waals surface area contributed by atoms with Gasteiger partial charge in [-0.1, -0.05) is 0 Å². The highest BCUT2D eigenvalue weighted by Crippen LogP contribution is 2.36. The van der Waals surface area contributed by atoms with Gasteiger partial charge in [-0.05, 0) is 32.4 Å². The Labute approximate surface area is 122 Å². The van der Waals surface area contributed by atoms with E-state index in [9.17, 15) is 13.2 Å². The third-order valence-electron chi connectivity index (χ3n) is 3.17. The maximum atomic E-state index is 12.0. The molecule has 8 heteroatoms. The van der Waals surface area contributed by atoms with Crippen molar-refractivity contribution in [2.45, 2.75) is 32.1 Å². The van der Waals surface area contributed by atoms with Crippen molar-refractivity contribution < 1.29 is 17.9 Å². The van der Waals surface area contributed by atoms with Crippen LogP contribution in [0.5, 0.6) is 0 Å². The van der Waals surface area contributed by atoms with Crippen LogP contribution >= 0.6 is 11.3 Å². The minimum Gasteiger partial charge on any atom is -0.465 e. The molecular formula is C12H18N2O4S2. The fourth-order valence-corrected chi connectivity index (χ4v) is 4.14. The Morgan fingerprint density at radius 2 is 2.15 bits per heavy atom. The summed E-state index contributed by atoms with van der Waals surface area (Å²) in [7, 11) is -2.18. The molecule has 0 aliphatic carbocycles. The van der Waals surface area contributed by atoms with Crippen LogP contribution in [0.3, 0.4) is 0 Å². The molecule has 0 spiro atoms. The zero-order chi connectivity index (χ0) is 14.9. The topological polar surface area (TPSA) is 84.5 Å². The zero-order valence-electron chi connectivity index (χ0n) is 11.6. The number of hydrogen-bond acceptors (Lipinski definition) is 6. The minimum absolute atomic E-state index is 0.359. The number of carbonyl (C=O) groups excluding carboxylic acids is 1. The van der Waals surface area contributed by atoms with Crippen LogP contribution in [0.4, 0.5) is 5.00 Å². The fraction of sp³-hybridized carbons (Fsp3) is 0.583. The number of thiophene rings is 1. The van der Waals surface area contributed by atoms with Gasteiger partial charge in [-0.15, -0.1) is 11.3 Å². The molecule has 0 unspecified atom stereocenters. The molecule has 0 radical (unpaired) electrons. The molecule has 112 valence electrons. The van der Waals surface area contributed by atoms with Gasteiger partial charge in [0.15, 0.2) is 0 Å². The molecule has 20 heavy (non-hydrogen) atoms. The van der Waals surface area contributed by atoms with E-state index in [1.54, 1.807) is 13.8 Å². The van der Waals surface area contributed by atoms with Crippen LogP contribution in [0.2, 0.25) is 0 Å². The molecule has 0 bridgehead atoms. The lowest BCUT2D eigenvalue weighted by Crippen LogP contribution is -2.24. The summed E-state index contributed by atoms with van der Waals surface area (Å²) in [4.78, 5) is 12.9. The van der Waals surface area contributed by atoms with E-state index in [1.807, 2.05) is 0 Å². The number of methoxy groups -OCH3 is 1.